The van der Waals surface area contributed by atoms with E-state index < -0.39 is 5.60 Å². The van der Waals surface area contributed by atoms with Crippen LogP contribution in [0, 0.1) is 11.8 Å². The molecule has 8 heteroatoms. The Morgan fingerprint density at radius 1 is 1.26 bits per heavy atom. The summed E-state index contributed by atoms with van der Waals surface area (Å²) in [5, 5.41) is 22.9. The number of unbranched alkanes of at least 4 members (excludes halogenated alkanes) is 1. The van der Waals surface area contributed by atoms with Crippen molar-refractivity contribution in [2.45, 2.75) is 65.0 Å². The van der Waals surface area contributed by atoms with E-state index in [1.54, 1.807) is 11.8 Å². The predicted octanol–water partition coefficient (Wildman–Crippen LogP) is 3.08. The summed E-state index contributed by atoms with van der Waals surface area (Å²) in [7, 11) is 1.70. The van der Waals surface area contributed by atoms with E-state index in [1.807, 2.05) is 49.1 Å². The quantitative estimate of drug-likeness (QED) is 0.489. The van der Waals surface area contributed by atoms with Gasteiger partial charge in [-0.2, -0.15) is 0 Å². The van der Waals surface area contributed by atoms with Crippen LogP contribution in [0.15, 0.2) is 30.3 Å². The van der Waals surface area contributed by atoms with E-state index in [9.17, 15) is 9.90 Å². The highest BCUT2D eigenvalue weighted by Crippen LogP contribution is 2.28. The molecule has 3 rings (SSSR count). The van der Waals surface area contributed by atoms with Gasteiger partial charge in [0.15, 0.2) is 5.69 Å². The van der Waals surface area contributed by atoms with Crippen LogP contribution in [0.1, 0.15) is 63.1 Å². The highest BCUT2D eigenvalue weighted by molar-refractivity contribution is 5.93. The lowest BCUT2D eigenvalue weighted by atomic mass is 9.82. The van der Waals surface area contributed by atoms with Crippen molar-refractivity contribution in [2.75, 3.05) is 33.4 Å². The molecule has 1 amide bonds. The van der Waals surface area contributed by atoms with Gasteiger partial charge < -0.3 is 20.1 Å². The Kier molecular flexibility index (Phi) is 9.22. The summed E-state index contributed by atoms with van der Waals surface area (Å²) in [5.41, 5.74) is 1.35. The lowest BCUT2D eigenvalue weighted by molar-refractivity contribution is -0.0112. The number of nitrogens with zero attached hydrogens (tertiary/aromatic N) is 4. The van der Waals surface area contributed by atoms with Crippen molar-refractivity contribution in [3.8, 4) is 5.69 Å². The molecule has 2 N–H and O–H groups in total. The minimum absolute atomic E-state index is 0.0108. The molecule has 0 spiro atoms. The summed E-state index contributed by atoms with van der Waals surface area (Å²) in [5.74, 6) is 0.295. The van der Waals surface area contributed by atoms with Crippen LogP contribution < -0.4 is 5.32 Å². The zero-order valence-electron chi connectivity index (χ0n) is 21.3. The maximum atomic E-state index is 14.0. The molecular formula is C26H41N5O3. The number of amides is 1. The number of hydrogen-bond acceptors (Lipinski definition) is 6. The highest BCUT2D eigenvalue weighted by Gasteiger charge is 2.37. The lowest BCUT2D eigenvalue weighted by Crippen LogP contribution is -2.55. The molecule has 188 valence electrons. The van der Waals surface area contributed by atoms with Crippen LogP contribution in [0.5, 0.6) is 0 Å². The van der Waals surface area contributed by atoms with Gasteiger partial charge in [0.05, 0.1) is 17.0 Å². The maximum absolute atomic E-state index is 14.0. The SMILES string of the molecule is COCCCCc1c(C(=O)N(CC(C)C)[C@@H]2CNC[C@H](C(C)(C)O)C2)nnn1-c1ccccc1. The topological polar surface area (TPSA) is 92.5 Å². The van der Waals surface area contributed by atoms with Gasteiger partial charge in [-0.3, -0.25) is 4.79 Å². The van der Waals surface area contributed by atoms with Crippen LogP contribution in [-0.4, -0.2) is 75.9 Å². The third kappa shape index (κ3) is 6.64. The molecule has 0 aliphatic carbocycles. The number of benzene rings is 1. The molecule has 1 aliphatic heterocycles. The summed E-state index contributed by atoms with van der Waals surface area (Å²) >= 11 is 0. The van der Waals surface area contributed by atoms with Crippen molar-refractivity contribution < 1.29 is 14.6 Å². The standard InChI is InChI=1S/C26H41N5O3/c1-19(2)18-30(22-15-20(16-27-17-22)26(3,4)33)25(32)24-23(13-9-10-14-34-5)31(29-28-24)21-11-7-6-8-12-21/h6-8,11-12,19-20,22,27,33H,9-10,13-18H2,1-5H3/t20-,22+/m1/s1. The summed E-state index contributed by atoms with van der Waals surface area (Å²) in [6, 6.07) is 9.83. The fourth-order valence-corrected chi connectivity index (χ4v) is 4.63. The van der Waals surface area contributed by atoms with Crippen LogP contribution >= 0.6 is 0 Å². The number of hydrogen-bond donors (Lipinski definition) is 2. The number of ether oxygens (including phenoxy) is 1. The van der Waals surface area contributed by atoms with E-state index in [1.165, 1.54) is 0 Å². The van der Waals surface area contributed by atoms with Crippen LogP contribution in [0.3, 0.4) is 0 Å². The first-order valence-electron chi connectivity index (χ1n) is 12.4. The Bertz CT molecular complexity index is 907. The van der Waals surface area contributed by atoms with E-state index in [2.05, 4.69) is 29.5 Å². The van der Waals surface area contributed by atoms with Gasteiger partial charge in [-0.15, -0.1) is 5.10 Å². The van der Waals surface area contributed by atoms with E-state index in [-0.39, 0.29) is 17.9 Å². The van der Waals surface area contributed by atoms with Gasteiger partial charge in [0.25, 0.3) is 5.91 Å². The number of nitrogens with one attached hydrogen (secondary N) is 1. The fraction of sp³-hybridized carbons (Fsp3) is 0.654. The summed E-state index contributed by atoms with van der Waals surface area (Å²) < 4.78 is 7.01. The van der Waals surface area contributed by atoms with Crippen molar-refractivity contribution >= 4 is 5.91 Å². The number of rotatable bonds is 11. The number of aromatic nitrogens is 3. The Balaban J connectivity index is 1.92. The number of carbonyl (C=O) groups excluding carboxylic acids is 1. The first-order chi connectivity index (χ1) is 16.2. The van der Waals surface area contributed by atoms with E-state index >= 15 is 0 Å². The highest BCUT2D eigenvalue weighted by atomic mass is 16.5. The molecular weight excluding hydrogens is 430 g/mol. The number of para-hydroxylation sites is 1. The van der Waals surface area contributed by atoms with E-state index in [0.29, 0.717) is 37.7 Å². The van der Waals surface area contributed by atoms with E-state index in [4.69, 9.17) is 4.74 Å². The molecule has 0 radical (unpaired) electrons. The Hall–Kier alpha value is -2.29. The first-order valence-corrected chi connectivity index (χ1v) is 12.4. The fourth-order valence-electron chi connectivity index (χ4n) is 4.63. The van der Waals surface area contributed by atoms with Crippen molar-refractivity contribution in [3.63, 3.8) is 0 Å². The summed E-state index contributed by atoms with van der Waals surface area (Å²) in [4.78, 5) is 15.9. The predicted molar refractivity (Wildman–Crippen MR) is 133 cm³/mol. The van der Waals surface area contributed by atoms with Crippen LogP contribution in [0.2, 0.25) is 0 Å². The number of aliphatic hydroxyl groups is 1. The average molecular weight is 472 g/mol. The van der Waals surface area contributed by atoms with E-state index in [0.717, 1.165) is 37.2 Å². The van der Waals surface area contributed by atoms with Gasteiger partial charge in [0.1, 0.15) is 0 Å². The van der Waals surface area contributed by atoms with Gasteiger partial charge in [-0.05, 0) is 57.6 Å². The molecule has 34 heavy (non-hydrogen) atoms. The average Bonchev–Trinajstić information content (AvgIpc) is 3.23. The monoisotopic (exact) mass is 471 g/mol. The van der Waals surface area contributed by atoms with Gasteiger partial charge >= 0.3 is 0 Å². The molecule has 1 fully saturated rings. The second-order valence-corrected chi connectivity index (χ2v) is 10.3. The Morgan fingerprint density at radius 3 is 2.65 bits per heavy atom. The number of methoxy groups -OCH3 is 1. The second-order valence-electron chi connectivity index (χ2n) is 10.3. The molecule has 1 aromatic carbocycles. The second kappa shape index (κ2) is 11.9. The third-order valence-corrected chi connectivity index (χ3v) is 6.57. The molecule has 1 aromatic heterocycles. The Labute approximate surface area is 203 Å². The van der Waals surface area contributed by atoms with Gasteiger partial charge in [-0.1, -0.05) is 37.3 Å². The normalized spacial score (nSPS) is 18.9. The molecule has 2 aromatic rings. The summed E-state index contributed by atoms with van der Waals surface area (Å²) in [6.07, 6.45) is 3.23. The van der Waals surface area contributed by atoms with Crippen molar-refractivity contribution in [1.29, 1.82) is 0 Å². The molecule has 2 heterocycles. The molecule has 1 aliphatic rings. The minimum Gasteiger partial charge on any atom is -0.390 e. The van der Waals surface area contributed by atoms with Crippen LogP contribution in [-0.2, 0) is 11.2 Å². The lowest BCUT2D eigenvalue weighted by Gasteiger charge is -2.42. The molecule has 1 saturated heterocycles. The molecule has 0 saturated carbocycles. The molecule has 8 nitrogen and oxygen atoms in total. The zero-order valence-corrected chi connectivity index (χ0v) is 21.3. The van der Waals surface area contributed by atoms with Crippen molar-refractivity contribution in [2.24, 2.45) is 11.8 Å². The van der Waals surface area contributed by atoms with Gasteiger partial charge in [0.2, 0.25) is 0 Å². The van der Waals surface area contributed by atoms with Crippen molar-refractivity contribution in [1.82, 2.24) is 25.2 Å². The number of carbonyl (C=O) groups is 1. The molecule has 0 bridgehead atoms. The third-order valence-electron chi connectivity index (χ3n) is 6.57. The maximum Gasteiger partial charge on any atom is 0.276 e. The number of piperidine rings is 1. The molecule has 2 atom stereocenters. The van der Waals surface area contributed by atoms with Gasteiger partial charge in [-0.25, -0.2) is 4.68 Å². The first kappa shape index (κ1) is 26.3. The van der Waals surface area contributed by atoms with Gasteiger partial charge in [0, 0.05) is 45.3 Å². The summed E-state index contributed by atoms with van der Waals surface area (Å²) in [6.45, 7) is 10.7. The Morgan fingerprint density at radius 2 is 2.00 bits per heavy atom. The largest absolute Gasteiger partial charge is 0.390 e. The minimum atomic E-state index is -0.804. The smallest absolute Gasteiger partial charge is 0.276 e. The zero-order chi connectivity index (χ0) is 24.7. The molecule has 0 unspecified atom stereocenters. The van der Waals surface area contributed by atoms with Crippen LogP contribution in [0.4, 0.5) is 0 Å². The van der Waals surface area contributed by atoms with Crippen molar-refractivity contribution in [3.05, 3.63) is 41.7 Å². The van der Waals surface area contributed by atoms with Crippen LogP contribution in [0.25, 0.3) is 5.69 Å².